The van der Waals surface area contributed by atoms with E-state index in [0.717, 1.165) is 13.1 Å². The minimum Gasteiger partial charge on any atom is -0.313 e. The average molecular weight is 206 g/mol. The zero-order valence-corrected chi connectivity index (χ0v) is 10.5. The van der Waals surface area contributed by atoms with Crippen molar-refractivity contribution in [2.24, 2.45) is 0 Å². The number of hydrogen-bond donors (Lipinski definition) is 1. The lowest BCUT2D eigenvalue weighted by Gasteiger charge is -2.20. The highest BCUT2D eigenvalue weighted by molar-refractivity contribution is 5.28. The van der Waals surface area contributed by atoms with Gasteiger partial charge in [0.1, 0.15) is 0 Å². The van der Waals surface area contributed by atoms with Crippen molar-refractivity contribution in [2.75, 3.05) is 6.54 Å². The average Bonchev–Trinajstić information content (AvgIpc) is 2.12. The van der Waals surface area contributed by atoms with E-state index in [2.05, 4.69) is 51.0 Å². The summed E-state index contributed by atoms with van der Waals surface area (Å²) in [5, 5.41) is 3.31. The van der Waals surface area contributed by atoms with E-state index >= 15 is 0 Å². The topological polar surface area (TPSA) is 24.9 Å². The van der Waals surface area contributed by atoms with Crippen molar-refractivity contribution in [3.63, 3.8) is 0 Å². The van der Waals surface area contributed by atoms with Crippen LogP contribution in [0, 0.1) is 6.92 Å². The van der Waals surface area contributed by atoms with Crippen molar-refractivity contribution < 1.29 is 0 Å². The molecule has 0 saturated carbocycles. The molecule has 0 atom stereocenters. The highest BCUT2D eigenvalue weighted by Gasteiger charge is 2.17. The minimum atomic E-state index is 0.140. The van der Waals surface area contributed by atoms with Crippen LogP contribution in [0.4, 0.5) is 0 Å². The van der Waals surface area contributed by atoms with Gasteiger partial charge in [0.15, 0.2) is 0 Å². The summed E-state index contributed by atoms with van der Waals surface area (Å²) in [5.41, 5.74) is 3.89. The standard InChI is InChI=1S/C13H22N2/c1-6-14-8-11-7-10(2)12(15-9-11)13(3,4)5/h7,9,14H,6,8H2,1-5H3. The monoisotopic (exact) mass is 206 g/mol. The van der Waals surface area contributed by atoms with Gasteiger partial charge in [-0.2, -0.15) is 0 Å². The molecule has 2 nitrogen and oxygen atoms in total. The van der Waals surface area contributed by atoms with Crippen LogP contribution in [-0.2, 0) is 12.0 Å². The summed E-state index contributed by atoms with van der Waals surface area (Å²) in [6.45, 7) is 12.8. The largest absolute Gasteiger partial charge is 0.313 e. The van der Waals surface area contributed by atoms with Gasteiger partial charge in [-0.15, -0.1) is 0 Å². The Labute approximate surface area is 93.1 Å². The van der Waals surface area contributed by atoms with E-state index < -0.39 is 0 Å². The Morgan fingerprint density at radius 3 is 2.47 bits per heavy atom. The van der Waals surface area contributed by atoms with Crippen LogP contribution in [0.2, 0.25) is 0 Å². The second kappa shape index (κ2) is 4.75. The fourth-order valence-electron chi connectivity index (χ4n) is 1.78. The predicted molar refractivity (Wildman–Crippen MR) is 65.1 cm³/mol. The molecule has 0 unspecified atom stereocenters. The Morgan fingerprint density at radius 1 is 1.33 bits per heavy atom. The van der Waals surface area contributed by atoms with Crippen molar-refractivity contribution in [2.45, 2.75) is 46.6 Å². The molecular formula is C13H22N2. The van der Waals surface area contributed by atoms with Crippen molar-refractivity contribution in [1.29, 1.82) is 0 Å². The van der Waals surface area contributed by atoms with E-state index in [0.29, 0.717) is 0 Å². The van der Waals surface area contributed by atoms with Crippen LogP contribution in [0.3, 0.4) is 0 Å². The summed E-state index contributed by atoms with van der Waals surface area (Å²) >= 11 is 0. The van der Waals surface area contributed by atoms with E-state index in [1.165, 1.54) is 16.8 Å². The van der Waals surface area contributed by atoms with Crippen molar-refractivity contribution in [1.82, 2.24) is 10.3 Å². The molecule has 2 heteroatoms. The molecule has 0 aliphatic rings. The van der Waals surface area contributed by atoms with Gasteiger partial charge in [-0.3, -0.25) is 4.98 Å². The van der Waals surface area contributed by atoms with Crippen LogP contribution in [0.5, 0.6) is 0 Å². The Hall–Kier alpha value is -0.890. The molecule has 1 aromatic rings. The number of hydrogen-bond acceptors (Lipinski definition) is 2. The first-order chi connectivity index (χ1) is 6.95. The summed E-state index contributed by atoms with van der Waals surface area (Å²) < 4.78 is 0. The summed E-state index contributed by atoms with van der Waals surface area (Å²) in [6, 6.07) is 2.23. The highest BCUT2D eigenvalue weighted by atomic mass is 14.8. The van der Waals surface area contributed by atoms with Crippen LogP contribution in [0.25, 0.3) is 0 Å². The molecular weight excluding hydrogens is 184 g/mol. The Bertz CT molecular complexity index is 324. The fourth-order valence-corrected chi connectivity index (χ4v) is 1.78. The van der Waals surface area contributed by atoms with Gasteiger partial charge >= 0.3 is 0 Å². The predicted octanol–water partition coefficient (Wildman–Crippen LogP) is 2.80. The van der Waals surface area contributed by atoms with E-state index in [4.69, 9.17) is 0 Å². The van der Waals surface area contributed by atoms with Crippen LogP contribution < -0.4 is 5.32 Å². The molecule has 1 heterocycles. The third-order valence-electron chi connectivity index (χ3n) is 2.42. The maximum Gasteiger partial charge on any atom is 0.0486 e. The zero-order valence-electron chi connectivity index (χ0n) is 10.5. The quantitative estimate of drug-likeness (QED) is 0.822. The van der Waals surface area contributed by atoms with E-state index in [1.807, 2.05) is 6.20 Å². The van der Waals surface area contributed by atoms with Crippen LogP contribution in [-0.4, -0.2) is 11.5 Å². The molecule has 0 bridgehead atoms. The summed E-state index contributed by atoms with van der Waals surface area (Å²) in [5.74, 6) is 0. The van der Waals surface area contributed by atoms with E-state index in [-0.39, 0.29) is 5.41 Å². The fraction of sp³-hybridized carbons (Fsp3) is 0.615. The molecule has 0 amide bonds. The first-order valence-corrected chi connectivity index (χ1v) is 5.62. The number of aromatic nitrogens is 1. The molecule has 1 N–H and O–H groups in total. The third kappa shape index (κ3) is 3.31. The van der Waals surface area contributed by atoms with Gasteiger partial charge in [0.2, 0.25) is 0 Å². The van der Waals surface area contributed by atoms with Gasteiger partial charge in [0, 0.05) is 23.9 Å². The van der Waals surface area contributed by atoms with Gasteiger partial charge in [-0.1, -0.05) is 33.8 Å². The molecule has 0 aliphatic carbocycles. The van der Waals surface area contributed by atoms with Crippen molar-refractivity contribution in [3.05, 3.63) is 29.1 Å². The van der Waals surface area contributed by atoms with Crippen molar-refractivity contribution in [3.8, 4) is 0 Å². The number of aryl methyl sites for hydroxylation is 1. The SMILES string of the molecule is CCNCc1cnc(C(C)(C)C)c(C)c1. The molecule has 15 heavy (non-hydrogen) atoms. The Morgan fingerprint density at radius 2 is 2.00 bits per heavy atom. The molecule has 1 aromatic heterocycles. The summed E-state index contributed by atoms with van der Waals surface area (Å²) in [4.78, 5) is 4.56. The zero-order chi connectivity index (χ0) is 11.5. The van der Waals surface area contributed by atoms with Gasteiger partial charge < -0.3 is 5.32 Å². The molecule has 1 rings (SSSR count). The second-order valence-electron chi connectivity index (χ2n) is 5.04. The lowest BCUT2D eigenvalue weighted by molar-refractivity contribution is 0.563. The number of nitrogens with zero attached hydrogens (tertiary/aromatic N) is 1. The molecule has 0 fully saturated rings. The van der Waals surface area contributed by atoms with Gasteiger partial charge in [0.05, 0.1) is 0 Å². The molecule has 84 valence electrons. The van der Waals surface area contributed by atoms with Crippen molar-refractivity contribution >= 4 is 0 Å². The third-order valence-corrected chi connectivity index (χ3v) is 2.42. The first kappa shape index (κ1) is 12.2. The van der Waals surface area contributed by atoms with Gasteiger partial charge in [-0.25, -0.2) is 0 Å². The second-order valence-corrected chi connectivity index (χ2v) is 5.04. The number of nitrogens with one attached hydrogen (secondary N) is 1. The highest BCUT2D eigenvalue weighted by Crippen LogP contribution is 2.23. The smallest absolute Gasteiger partial charge is 0.0486 e. The lowest BCUT2D eigenvalue weighted by Crippen LogP contribution is -2.17. The number of pyridine rings is 1. The van der Waals surface area contributed by atoms with E-state index in [9.17, 15) is 0 Å². The number of rotatable bonds is 3. The molecule has 0 spiro atoms. The van der Waals surface area contributed by atoms with E-state index in [1.54, 1.807) is 0 Å². The van der Waals surface area contributed by atoms with Gasteiger partial charge in [-0.05, 0) is 24.6 Å². The normalized spacial score (nSPS) is 11.8. The first-order valence-electron chi connectivity index (χ1n) is 5.62. The maximum atomic E-state index is 4.56. The molecule has 0 aliphatic heterocycles. The van der Waals surface area contributed by atoms with Crippen LogP contribution in [0.15, 0.2) is 12.3 Å². The molecule has 0 saturated heterocycles. The maximum absolute atomic E-state index is 4.56. The van der Waals surface area contributed by atoms with Gasteiger partial charge in [0.25, 0.3) is 0 Å². The Balaban J connectivity index is 2.89. The molecule has 0 aromatic carbocycles. The molecule has 0 radical (unpaired) electrons. The summed E-state index contributed by atoms with van der Waals surface area (Å²) in [7, 11) is 0. The summed E-state index contributed by atoms with van der Waals surface area (Å²) in [6.07, 6.45) is 1.98. The Kier molecular flexibility index (Phi) is 3.86. The van der Waals surface area contributed by atoms with Crippen LogP contribution >= 0.6 is 0 Å². The van der Waals surface area contributed by atoms with Crippen LogP contribution in [0.1, 0.15) is 44.5 Å². The lowest BCUT2D eigenvalue weighted by atomic mass is 9.88. The minimum absolute atomic E-state index is 0.140.